The van der Waals surface area contributed by atoms with Crippen LogP contribution in [-0.2, 0) is 22.4 Å². The number of hydrogen-bond acceptors (Lipinski definition) is 8. The lowest BCUT2D eigenvalue weighted by Gasteiger charge is -2.31. The highest BCUT2D eigenvalue weighted by Crippen LogP contribution is 2.40. The second-order valence-electron chi connectivity index (χ2n) is 11.4. The van der Waals surface area contributed by atoms with Crippen molar-refractivity contribution in [2.24, 2.45) is 23.7 Å². The highest BCUT2D eigenvalue weighted by atomic mass is 16.5. The van der Waals surface area contributed by atoms with Crippen LogP contribution in [0.15, 0.2) is 24.3 Å². The van der Waals surface area contributed by atoms with Crippen LogP contribution in [0.5, 0.6) is 34.5 Å². The standard InChI is InChI=1S/C32H44N2O8/c1-39-25-13-21(14-26(40-2)29(25)35)11-23(31(37)33-17-19-7-5-8-19)24(32(38)34-18-20-9-6-10-20)12-22-15-27(41-3)30(36)28(16-22)42-4/h13-16,19-20,23-24,35-36H,5-12,17-18H2,1-4H3,(H,33,37)(H,34,38)/t23-,24+. The topological polar surface area (TPSA) is 136 Å². The number of phenolic OH excluding ortho intramolecular Hbond substituents is 2. The Bertz CT molecular complexity index is 1100. The Hall–Kier alpha value is -3.82. The number of nitrogens with one attached hydrogen (secondary N) is 2. The van der Waals surface area contributed by atoms with Crippen molar-refractivity contribution < 1.29 is 38.7 Å². The molecule has 2 aliphatic rings. The molecule has 2 saturated carbocycles. The third-order valence-corrected chi connectivity index (χ3v) is 8.73. The normalized spacial score (nSPS) is 16.4. The van der Waals surface area contributed by atoms with Gasteiger partial charge in [-0.25, -0.2) is 0 Å². The molecule has 0 spiro atoms. The molecule has 0 bridgehead atoms. The molecule has 42 heavy (non-hydrogen) atoms. The molecule has 2 aromatic rings. The SMILES string of the molecule is COc1cc(C[C@H](C(=O)NCC2CCC2)[C@@H](Cc2cc(OC)c(O)c(OC)c2)C(=O)NCC2CCC2)cc(OC)c1O. The molecule has 0 saturated heterocycles. The third-order valence-electron chi connectivity index (χ3n) is 8.73. The van der Waals surface area contributed by atoms with Gasteiger partial charge >= 0.3 is 0 Å². The van der Waals surface area contributed by atoms with E-state index < -0.39 is 11.8 Å². The summed E-state index contributed by atoms with van der Waals surface area (Å²) < 4.78 is 21.4. The van der Waals surface area contributed by atoms with Crippen molar-refractivity contribution in [3.05, 3.63) is 35.4 Å². The van der Waals surface area contributed by atoms with E-state index in [1.54, 1.807) is 24.3 Å². The Morgan fingerprint density at radius 3 is 1.21 bits per heavy atom. The summed E-state index contributed by atoms with van der Waals surface area (Å²) in [5.74, 6) is -0.431. The minimum atomic E-state index is -0.754. The van der Waals surface area contributed by atoms with Gasteiger partial charge in [0, 0.05) is 13.1 Å². The maximum atomic E-state index is 13.9. The van der Waals surface area contributed by atoms with Crippen molar-refractivity contribution in [1.29, 1.82) is 0 Å². The van der Waals surface area contributed by atoms with Gasteiger partial charge in [0.05, 0.1) is 40.3 Å². The molecule has 0 aromatic heterocycles. The molecular formula is C32H44N2O8. The number of aromatic hydroxyl groups is 2. The van der Waals surface area contributed by atoms with Crippen LogP contribution in [0.2, 0.25) is 0 Å². The Morgan fingerprint density at radius 2 is 0.976 bits per heavy atom. The van der Waals surface area contributed by atoms with Crippen LogP contribution in [0, 0.1) is 23.7 Å². The summed E-state index contributed by atoms with van der Waals surface area (Å²) in [6.07, 6.45) is 7.05. The van der Waals surface area contributed by atoms with Crippen LogP contribution >= 0.6 is 0 Å². The molecular weight excluding hydrogens is 540 g/mol. The average Bonchev–Trinajstić information content (AvgIpc) is 2.94. The van der Waals surface area contributed by atoms with E-state index in [0.717, 1.165) is 38.5 Å². The molecule has 2 atom stereocenters. The summed E-state index contributed by atoms with van der Waals surface area (Å²) in [4.78, 5) is 27.8. The highest BCUT2D eigenvalue weighted by molar-refractivity contribution is 5.88. The van der Waals surface area contributed by atoms with Gasteiger partial charge in [0.2, 0.25) is 23.3 Å². The number of benzene rings is 2. The minimum Gasteiger partial charge on any atom is -0.502 e. The lowest BCUT2D eigenvalue weighted by molar-refractivity contribution is -0.135. The molecule has 0 unspecified atom stereocenters. The number of methoxy groups -OCH3 is 4. The maximum absolute atomic E-state index is 13.9. The second-order valence-corrected chi connectivity index (χ2v) is 11.4. The molecule has 0 aliphatic heterocycles. The fourth-order valence-corrected chi connectivity index (χ4v) is 5.62. The van der Waals surface area contributed by atoms with Crippen LogP contribution in [0.1, 0.15) is 49.7 Å². The lowest BCUT2D eigenvalue weighted by Crippen LogP contribution is -2.46. The fraction of sp³-hybridized carbons (Fsp3) is 0.562. The van der Waals surface area contributed by atoms with Crippen LogP contribution in [0.3, 0.4) is 0 Å². The summed E-state index contributed by atoms with van der Waals surface area (Å²) in [6, 6.07) is 6.67. The Morgan fingerprint density at radius 1 is 0.667 bits per heavy atom. The zero-order chi connectivity index (χ0) is 30.2. The number of hydrogen-bond donors (Lipinski definition) is 4. The van der Waals surface area contributed by atoms with Gasteiger partial charge in [-0.1, -0.05) is 12.8 Å². The molecule has 2 amide bonds. The van der Waals surface area contributed by atoms with E-state index in [4.69, 9.17) is 18.9 Å². The fourth-order valence-electron chi connectivity index (χ4n) is 5.62. The van der Waals surface area contributed by atoms with Gasteiger partial charge in [-0.2, -0.15) is 0 Å². The summed E-state index contributed by atoms with van der Waals surface area (Å²) in [7, 11) is 5.79. The molecule has 0 heterocycles. The number of carbonyl (C=O) groups excluding carboxylic acids is 2. The van der Waals surface area contributed by atoms with E-state index in [0.29, 0.717) is 36.1 Å². The quantitative estimate of drug-likeness (QED) is 0.247. The van der Waals surface area contributed by atoms with Gasteiger partial charge in [0.25, 0.3) is 0 Å². The van der Waals surface area contributed by atoms with Crippen molar-refractivity contribution in [1.82, 2.24) is 10.6 Å². The van der Waals surface area contributed by atoms with Gasteiger partial charge < -0.3 is 39.8 Å². The number of phenols is 2. The Balaban J connectivity index is 1.71. The predicted molar refractivity (Wildman–Crippen MR) is 158 cm³/mol. The first-order valence-electron chi connectivity index (χ1n) is 14.7. The smallest absolute Gasteiger partial charge is 0.224 e. The summed E-state index contributed by atoms with van der Waals surface area (Å²) in [5.41, 5.74) is 1.37. The number of ether oxygens (including phenoxy) is 4. The first kappa shape index (κ1) is 31.1. The summed E-state index contributed by atoms with van der Waals surface area (Å²) in [6.45, 7) is 1.13. The van der Waals surface area contributed by atoms with E-state index >= 15 is 0 Å². The van der Waals surface area contributed by atoms with E-state index in [1.807, 2.05) is 0 Å². The lowest BCUT2D eigenvalue weighted by atomic mass is 9.80. The first-order chi connectivity index (χ1) is 20.3. The monoisotopic (exact) mass is 584 g/mol. The van der Waals surface area contributed by atoms with Crippen molar-refractivity contribution in [3.63, 3.8) is 0 Å². The number of amides is 2. The summed E-state index contributed by atoms with van der Waals surface area (Å²) in [5, 5.41) is 27.2. The highest BCUT2D eigenvalue weighted by Gasteiger charge is 2.36. The van der Waals surface area contributed by atoms with Gasteiger partial charge in [-0.3, -0.25) is 9.59 Å². The molecule has 0 radical (unpaired) electrons. The van der Waals surface area contributed by atoms with Crippen molar-refractivity contribution in [2.45, 2.75) is 51.4 Å². The zero-order valence-corrected chi connectivity index (χ0v) is 25.0. The van der Waals surface area contributed by atoms with Crippen molar-refractivity contribution in [2.75, 3.05) is 41.5 Å². The first-order valence-corrected chi connectivity index (χ1v) is 14.7. The number of carbonyl (C=O) groups is 2. The second kappa shape index (κ2) is 14.4. The molecule has 10 nitrogen and oxygen atoms in total. The van der Waals surface area contributed by atoms with E-state index in [2.05, 4.69) is 10.6 Å². The molecule has 2 aliphatic carbocycles. The maximum Gasteiger partial charge on any atom is 0.224 e. The molecule has 4 N–H and O–H groups in total. The Labute approximate surface area is 247 Å². The van der Waals surface area contributed by atoms with Crippen LogP contribution in [-0.4, -0.2) is 63.6 Å². The Kier molecular flexibility index (Phi) is 10.7. The van der Waals surface area contributed by atoms with E-state index in [-0.39, 0.29) is 59.2 Å². The van der Waals surface area contributed by atoms with Crippen LogP contribution in [0.25, 0.3) is 0 Å². The molecule has 10 heteroatoms. The van der Waals surface area contributed by atoms with Gasteiger partial charge in [0.15, 0.2) is 23.0 Å². The van der Waals surface area contributed by atoms with Crippen molar-refractivity contribution >= 4 is 11.8 Å². The number of rotatable bonds is 15. The molecule has 2 aromatic carbocycles. The zero-order valence-electron chi connectivity index (χ0n) is 25.0. The van der Waals surface area contributed by atoms with Gasteiger partial charge in [0.1, 0.15) is 0 Å². The van der Waals surface area contributed by atoms with Crippen molar-refractivity contribution in [3.8, 4) is 34.5 Å². The van der Waals surface area contributed by atoms with Crippen LogP contribution < -0.4 is 29.6 Å². The predicted octanol–water partition coefficient (Wildman–Crippen LogP) is 3.98. The summed E-state index contributed by atoms with van der Waals surface area (Å²) >= 11 is 0. The molecule has 2 fully saturated rings. The van der Waals surface area contributed by atoms with Gasteiger partial charge in [-0.05, 0) is 85.8 Å². The van der Waals surface area contributed by atoms with Gasteiger partial charge in [-0.15, -0.1) is 0 Å². The van der Waals surface area contributed by atoms with E-state index in [9.17, 15) is 19.8 Å². The molecule has 4 rings (SSSR count). The third kappa shape index (κ3) is 7.33. The largest absolute Gasteiger partial charge is 0.502 e. The minimum absolute atomic E-state index is 0.132. The van der Waals surface area contributed by atoms with Crippen LogP contribution in [0.4, 0.5) is 0 Å². The van der Waals surface area contributed by atoms with E-state index in [1.165, 1.54) is 28.4 Å². The molecule has 230 valence electrons. The average molecular weight is 585 g/mol.